The Bertz CT molecular complexity index is 1180. The number of aromatic nitrogens is 4. The lowest BCUT2D eigenvalue weighted by Crippen LogP contribution is -2.20. The molecule has 7 nitrogen and oxygen atoms in total. The number of rotatable bonds is 4. The van der Waals surface area contributed by atoms with E-state index in [1.165, 1.54) is 4.57 Å². The number of fused-ring (bicyclic) bond motifs is 3. The van der Waals surface area contributed by atoms with Crippen molar-refractivity contribution in [3.05, 3.63) is 63.7 Å². The van der Waals surface area contributed by atoms with Gasteiger partial charge in [0.15, 0.2) is 5.82 Å². The lowest BCUT2D eigenvalue weighted by Gasteiger charge is -2.12. The van der Waals surface area contributed by atoms with E-state index in [1.54, 1.807) is 38.4 Å². The number of methoxy groups -OCH3 is 1. The van der Waals surface area contributed by atoms with Gasteiger partial charge in [0.25, 0.3) is 5.56 Å². The van der Waals surface area contributed by atoms with E-state index in [1.807, 2.05) is 22.6 Å². The van der Waals surface area contributed by atoms with Crippen LogP contribution in [0.2, 0.25) is 5.02 Å². The normalized spacial score (nSPS) is 11.2. The minimum Gasteiger partial charge on any atom is -0.495 e. The predicted octanol–water partition coefficient (Wildman–Crippen LogP) is 2.86. The minimum atomic E-state index is -0.100. The number of anilines is 1. The Kier molecular flexibility index (Phi) is 4.00. The van der Waals surface area contributed by atoms with Crippen LogP contribution in [-0.4, -0.2) is 26.3 Å². The molecular formula is C18H16ClN5O2. The molecule has 0 saturated heterocycles. The second-order valence-corrected chi connectivity index (χ2v) is 6.27. The summed E-state index contributed by atoms with van der Waals surface area (Å²) in [6.07, 6.45) is 0. The maximum Gasteiger partial charge on any atom is 0.262 e. The van der Waals surface area contributed by atoms with Crippen LogP contribution in [0, 0.1) is 0 Å². The van der Waals surface area contributed by atoms with E-state index in [4.69, 9.17) is 16.3 Å². The third-order valence-corrected chi connectivity index (χ3v) is 4.53. The van der Waals surface area contributed by atoms with Crippen LogP contribution in [0.3, 0.4) is 0 Å². The van der Waals surface area contributed by atoms with Crippen LogP contribution in [0.1, 0.15) is 5.82 Å². The van der Waals surface area contributed by atoms with Crippen molar-refractivity contribution in [2.24, 2.45) is 7.05 Å². The van der Waals surface area contributed by atoms with Crippen LogP contribution in [-0.2, 0) is 13.6 Å². The molecule has 0 radical (unpaired) electrons. The summed E-state index contributed by atoms with van der Waals surface area (Å²) in [5.74, 6) is 1.85. The van der Waals surface area contributed by atoms with Gasteiger partial charge in [-0.05, 0) is 30.3 Å². The average Bonchev–Trinajstić information content (AvgIpc) is 3.09. The Morgan fingerprint density at radius 1 is 1.19 bits per heavy atom. The molecule has 0 aliphatic carbocycles. The van der Waals surface area contributed by atoms with Crippen molar-refractivity contribution < 1.29 is 4.74 Å². The van der Waals surface area contributed by atoms with Crippen molar-refractivity contribution in [3.63, 3.8) is 0 Å². The molecule has 0 saturated carbocycles. The first-order valence-corrected chi connectivity index (χ1v) is 8.37. The first-order valence-electron chi connectivity index (χ1n) is 7.99. The van der Waals surface area contributed by atoms with Gasteiger partial charge in [-0.2, -0.15) is 0 Å². The van der Waals surface area contributed by atoms with Crippen LogP contribution in [0.4, 0.5) is 5.69 Å². The molecule has 2 aromatic carbocycles. The van der Waals surface area contributed by atoms with Crippen molar-refractivity contribution in [1.29, 1.82) is 0 Å². The summed E-state index contributed by atoms with van der Waals surface area (Å²) >= 11 is 6.08. The Morgan fingerprint density at radius 3 is 2.81 bits per heavy atom. The molecule has 26 heavy (non-hydrogen) atoms. The highest BCUT2D eigenvalue weighted by atomic mass is 35.5. The van der Waals surface area contributed by atoms with E-state index < -0.39 is 0 Å². The Hall–Kier alpha value is -3.06. The zero-order valence-corrected chi connectivity index (χ0v) is 15.0. The summed E-state index contributed by atoms with van der Waals surface area (Å²) in [6.45, 7) is 0.389. The van der Waals surface area contributed by atoms with Gasteiger partial charge in [-0.15, -0.1) is 10.2 Å². The van der Waals surface area contributed by atoms with E-state index in [-0.39, 0.29) is 5.56 Å². The second-order valence-electron chi connectivity index (χ2n) is 5.83. The fraction of sp³-hybridized carbons (Fsp3) is 0.167. The van der Waals surface area contributed by atoms with E-state index >= 15 is 0 Å². The van der Waals surface area contributed by atoms with Crippen molar-refractivity contribution >= 4 is 34.0 Å². The summed E-state index contributed by atoms with van der Waals surface area (Å²) in [6, 6.07) is 12.8. The molecule has 1 N–H and O–H groups in total. The Balaban J connectivity index is 1.81. The lowest BCUT2D eigenvalue weighted by molar-refractivity contribution is 0.416. The molecule has 0 aliphatic rings. The van der Waals surface area contributed by atoms with E-state index in [9.17, 15) is 4.79 Å². The summed E-state index contributed by atoms with van der Waals surface area (Å²) in [5.41, 5.74) is 1.42. The number of halogens is 1. The highest BCUT2D eigenvalue weighted by Gasteiger charge is 2.14. The summed E-state index contributed by atoms with van der Waals surface area (Å²) < 4.78 is 8.73. The number of nitrogens with zero attached hydrogens (tertiary/aromatic N) is 4. The van der Waals surface area contributed by atoms with Gasteiger partial charge in [-0.1, -0.05) is 23.7 Å². The van der Waals surface area contributed by atoms with Crippen LogP contribution in [0.5, 0.6) is 5.75 Å². The van der Waals surface area contributed by atoms with E-state index in [0.717, 1.165) is 11.2 Å². The maximum atomic E-state index is 12.5. The minimum absolute atomic E-state index is 0.100. The van der Waals surface area contributed by atoms with Gasteiger partial charge in [0.05, 0.1) is 30.2 Å². The molecule has 0 bridgehead atoms. The first-order chi connectivity index (χ1) is 12.6. The van der Waals surface area contributed by atoms with Crippen LogP contribution in [0.25, 0.3) is 16.7 Å². The number of hydrogen-bond donors (Lipinski definition) is 1. The van der Waals surface area contributed by atoms with Gasteiger partial charge in [0.2, 0.25) is 5.78 Å². The van der Waals surface area contributed by atoms with Crippen molar-refractivity contribution in [2.75, 3.05) is 12.4 Å². The largest absolute Gasteiger partial charge is 0.495 e. The average molecular weight is 370 g/mol. The highest BCUT2D eigenvalue weighted by molar-refractivity contribution is 6.30. The van der Waals surface area contributed by atoms with Gasteiger partial charge in [0.1, 0.15) is 5.75 Å². The van der Waals surface area contributed by atoms with Gasteiger partial charge in [-0.25, -0.2) is 0 Å². The van der Waals surface area contributed by atoms with Crippen LogP contribution in [0.15, 0.2) is 47.3 Å². The van der Waals surface area contributed by atoms with E-state index in [0.29, 0.717) is 34.3 Å². The topological polar surface area (TPSA) is 73.4 Å². The molecule has 4 aromatic rings. The molecule has 0 atom stereocenters. The monoisotopic (exact) mass is 369 g/mol. The third kappa shape index (κ3) is 2.57. The molecule has 0 aliphatic heterocycles. The Labute approximate surface area is 153 Å². The molecule has 4 rings (SSSR count). The highest BCUT2D eigenvalue weighted by Crippen LogP contribution is 2.28. The van der Waals surface area contributed by atoms with Gasteiger partial charge in [-0.3, -0.25) is 13.8 Å². The van der Waals surface area contributed by atoms with E-state index in [2.05, 4.69) is 15.5 Å². The molecule has 0 amide bonds. The Morgan fingerprint density at radius 2 is 2.00 bits per heavy atom. The fourth-order valence-electron chi connectivity index (χ4n) is 3.00. The van der Waals surface area contributed by atoms with Crippen molar-refractivity contribution in [2.45, 2.75) is 6.54 Å². The SMILES string of the molecule is COc1ccc(Cl)cc1NCc1nnc2n(C)c(=O)c3ccccc3n12. The number of para-hydroxylation sites is 1. The smallest absolute Gasteiger partial charge is 0.262 e. The van der Waals surface area contributed by atoms with Crippen LogP contribution >= 0.6 is 11.6 Å². The zero-order chi connectivity index (χ0) is 18.3. The fourth-order valence-corrected chi connectivity index (χ4v) is 3.17. The predicted molar refractivity (Wildman–Crippen MR) is 101 cm³/mol. The molecule has 0 fully saturated rings. The van der Waals surface area contributed by atoms with Gasteiger partial charge < -0.3 is 10.1 Å². The zero-order valence-electron chi connectivity index (χ0n) is 14.2. The van der Waals surface area contributed by atoms with Crippen molar-refractivity contribution in [3.8, 4) is 5.75 Å². The number of aryl methyl sites for hydroxylation is 1. The molecule has 0 spiro atoms. The number of hydrogen-bond acceptors (Lipinski definition) is 5. The standard InChI is InChI=1S/C18H16ClN5O2/c1-23-17(25)12-5-3-4-6-14(12)24-16(21-22-18(23)24)10-20-13-9-11(19)7-8-15(13)26-2/h3-9,20H,10H2,1-2H3. The number of nitrogens with one attached hydrogen (secondary N) is 1. The second kappa shape index (κ2) is 6.34. The molecule has 8 heteroatoms. The first kappa shape index (κ1) is 16.4. The quantitative estimate of drug-likeness (QED) is 0.598. The number of benzene rings is 2. The summed E-state index contributed by atoms with van der Waals surface area (Å²) in [4.78, 5) is 12.5. The third-order valence-electron chi connectivity index (χ3n) is 4.29. The lowest BCUT2D eigenvalue weighted by atomic mass is 10.2. The summed E-state index contributed by atoms with van der Waals surface area (Å²) in [7, 11) is 3.29. The molecule has 2 aromatic heterocycles. The molecule has 2 heterocycles. The summed E-state index contributed by atoms with van der Waals surface area (Å²) in [5, 5.41) is 12.9. The number of ether oxygens (including phenoxy) is 1. The molecular weight excluding hydrogens is 354 g/mol. The van der Waals surface area contributed by atoms with Gasteiger partial charge >= 0.3 is 0 Å². The van der Waals surface area contributed by atoms with Crippen LogP contribution < -0.4 is 15.6 Å². The van der Waals surface area contributed by atoms with Crippen molar-refractivity contribution in [1.82, 2.24) is 19.2 Å². The maximum absolute atomic E-state index is 12.5. The van der Waals surface area contributed by atoms with Gasteiger partial charge in [0, 0.05) is 12.1 Å². The molecule has 132 valence electrons. The molecule has 0 unspecified atom stereocenters.